The van der Waals surface area contributed by atoms with Gasteiger partial charge in [0, 0.05) is 48.3 Å². The summed E-state index contributed by atoms with van der Waals surface area (Å²) in [4.78, 5) is 39.9. The highest BCUT2D eigenvalue weighted by Gasteiger charge is 2.28. The van der Waals surface area contributed by atoms with Gasteiger partial charge in [-0.3, -0.25) is 9.59 Å². The molecular formula is C32H25ClN4O3. The molecule has 0 unspecified atom stereocenters. The van der Waals surface area contributed by atoms with Gasteiger partial charge in [-0.2, -0.15) is 0 Å². The van der Waals surface area contributed by atoms with E-state index in [0.29, 0.717) is 48.1 Å². The highest BCUT2D eigenvalue weighted by atomic mass is 35.5. The molecule has 1 fully saturated rings. The highest BCUT2D eigenvalue weighted by Crippen LogP contribution is 2.28. The Balaban J connectivity index is 1.20. The van der Waals surface area contributed by atoms with Crippen LogP contribution in [0, 0.1) is 0 Å². The van der Waals surface area contributed by atoms with Gasteiger partial charge in [0.25, 0.3) is 11.8 Å². The van der Waals surface area contributed by atoms with Crippen LogP contribution in [0.4, 0.5) is 0 Å². The highest BCUT2D eigenvalue weighted by molar-refractivity contribution is 6.30. The number of hydrogen-bond donors (Lipinski definition) is 0. The fourth-order valence-corrected chi connectivity index (χ4v) is 4.94. The molecule has 6 rings (SSSR count). The Morgan fingerprint density at radius 2 is 1.38 bits per heavy atom. The Labute approximate surface area is 236 Å². The molecule has 1 aliphatic rings. The number of halogens is 1. The number of benzene rings is 3. The normalized spacial score (nSPS) is 13.3. The van der Waals surface area contributed by atoms with Gasteiger partial charge >= 0.3 is 0 Å². The average molecular weight is 549 g/mol. The minimum Gasteiger partial charge on any atom is -0.438 e. The van der Waals surface area contributed by atoms with Crippen LogP contribution in [0.5, 0.6) is 11.6 Å². The molecule has 0 N–H and O–H groups in total. The van der Waals surface area contributed by atoms with Gasteiger partial charge in [0.1, 0.15) is 11.3 Å². The zero-order valence-electron chi connectivity index (χ0n) is 21.5. The van der Waals surface area contributed by atoms with Gasteiger partial charge in [0.05, 0.1) is 16.8 Å². The second kappa shape index (κ2) is 11.2. The zero-order chi connectivity index (χ0) is 27.5. The van der Waals surface area contributed by atoms with E-state index in [-0.39, 0.29) is 17.7 Å². The number of hydrogen-bond acceptors (Lipinski definition) is 5. The van der Waals surface area contributed by atoms with Gasteiger partial charge in [-0.25, -0.2) is 9.97 Å². The van der Waals surface area contributed by atoms with Crippen molar-refractivity contribution in [3.05, 3.63) is 119 Å². The van der Waals surface area contributed by atoms with Gasteiger partial charge in [0.15, 0.2) is 0 Å². The molecular weight excluding hydrogens is 524 g/mol. The lowest BCUT2D eigenvalue weighted by Gasteiger charge is -2.35. The van der Waals surface area contributed by atoms with Crippen LogP contribution < -0.4 is 4.74 Å². The van der Waals surface area contributed by atoms with Crippen molar-refractivity contribution in [1.29, 1.82) is 0 Å². The molecule has 1 saturated heterocycles. The maximum Gasteiger partial charge on any atom is 0.259 e. The fraction of sp³-hybridized carbons (Fsp3) is 0.125. The molecule has 0 bridgehead atoms. The molecule has 0 spiro atoms. The van der Waals surface area contributed by atoms with Crippen LogP contribution in [0.2, 0.25) is 5.02 Å². The number of aromatic nitrogens is 2. The van der Waals surface area contributed by atoms with Crippen LogP contribution >= 0.6 is 11.6 Å². The number of amides is 2. The largest absolute Gasteiger partial charge is 0.438 e. The molecule has 2 amide bonds. The first-order valence-corrected chi connectivity index (χ1v) is 13.4. The van der Waals surface area contributed by atoms with Crippen molar-refractivity contribution in [2.75, 3.05) is 26.2 Å². The predicted octanol–water partition coefficient (Wildman–Crippen LogP) is 6.34. The minimum atomic E-state index is -0.190. The van der Waals surface area contributed by atoms with Gasteiger partial charge in [0.2, 0.25) is 5.88 Å². The second-order valence-electron chi connectivity index (χ2n) is 9.43. The molecule has 8 heteroatoms. The molecule has 3 aromatic carbocycles. The maximum absolute atomic E-state index is 13.8. The standard InChI is InChI=1S/C32H25ClN4O3/c33-23-12-14-24(15-13-23)40-30-26(10-6-16-34-30)31(38)36-17-19-37(20-18-36)32(39)27-21-29(22-7-2-1-3-8-22)35-28-11-5-4-9-25(27)28/h1-16,21H,17-20H2. The van der Waals surface area contributed by atoms with Crippen molar-refractivity contribution >= 4 is 34.3 Å². The van der Waals surface area contributed by atoms with E-state index >= 15 is 0 Å². The lowest BCUT2D eigenvalue weighted by molar-refractivity contribution is 0.0534. The molecule has 0 radical (unpaired) electrons. The average Bonchev–Trinajstić information content (AvgIpc) is 3.02. The van der Waals surface area contributed by atoms with Gasteiger partial charge in [-0.1, -0.05) is 60.1 Å². The number of piperazine rings is 1. The van der Waals surface area contributed by atoms with E-state index in [2.05, 4.69) is 4.98 Å². The van der Waals surface area contributed by atoms with Gasteiger partial charge in [-0.05, 0) is 48.5 Å². The second-order valence-corrected chi connectivity index (χ2v) is 9.87. The van der Waals surface area contributed by atoms with Gasteiger partial charge in [-0.15, -0.1) is 0 Å². The predicted molar refractivity (Wildman–Crippen MR) is 155 cm³/mol. The number of pyridine rings is 2. The summed E-state index contributed by atoms with van der Waals surface area (Å²) in [6.45, 7) is 1.62. The SMILES string of the molecule is O=C(c1cccnc1Oc1ccc(Cl)cc1)N1CCN(C(=O)c2cc(-c3ccccc3)nc3ccccc23)CC1. The number of fused-ring (bicyclic) bond motifs is 1. The Kier molecular flexibility index (Phi) is 7.12. The Bertz CT molecular complexity index is 1680. The summed E-state index contributed by atoms with van der Waals surface area (Å²) in [5, 5.41) is 1.40. The number of nitrogens with zero attached hydrogens (tertiary/aromatic N) is 4. The number of carbonyl (C=O) groups is 2. The Morgan fingerprint density at radius 3 is 2.10 bits per heavy atom. The number of ether oxygens (including phenoxy) is 1. The van der Waals surface area contributed by atoms with E-state index < -0.39 is 0 Å². The molecule has 0 saturated carbocycles. The van der Waals surface area contributed by atoms with Crippen molar-refractivity contribution in [3.8, 4) is 22.9 Å². The van der Waals surface area contributed by atoms with Crippen LogP contribution in [0.15, 0.2) is 103 Å². The summed E-state index contributed by atoms with van der Waals surface area (Å²) in [6, 6.07) is 29.7. The Hall–Kier alpha value is -4.75. The van der Waals surface area contributed by atoms with E-state index in [9.17, 15) is 9.59 Å². The first-order valence-electron chi connectivity index (χ1n) is 13.0. The molecule has 198 valence electrons. The maximum atomic E-state index is 13.8. The summed E-state index contributed by atoms with van der Waals surface area (Å²) < 4.78 is 5.89. The molecule has 5 aromatic rings. The van der Waals surface area contributed by atoms with E-state index in [4.69, 9.17) is 21.3 Å². The van der Waals surface area contributed by atoms with Crippen LogP contribution in [0.25, 0.3) is 22.2 Å². The van der Waals surface area contributed by atoms with Crippen LogP contribution in [0.1, 0.15) is 20.7 Å². The van der Waals surface area contributed by atoms with Crippen LogP contribution in [0.3, 0.4) is 0 Å². The monoisotopic (exact) mass is 548 g/mol. The number of carbonyl (C=O) groups excluding carboxylic acids is 2. The quantitative estimate of drug-likeness (QED) is 0.256. The van der Waals surface area contributed by atoms with Crippen molar-refractivity contribution in [1.82, 2.24) is 19.8 Å². The zero-order valence-corrected chi connectivity index (χ0v) is 22.3. The molecule has 0 aliphatic carbocycles. The summed E-state index contributed by atoms with van der Waals surface area (Å²) in [6.07, 6.45) is 1.58. The van der Waals surface area contributed by atoms with Crippen molar-refractivity contribution in [3.63, 3.8) is 0 Å². The van der Waals surface area contributed by atoms with Crippen molar-refractivity contribution in [2.24, 2.45) is 0 Å². The van der Waals surface area contributed by atoms with Crippen molar-refractivity contribution in [2.45, 2.75) is 0 Å². The molecule has 1 aliphatic heterocycles. The lowest BCUT2D eigenvalue weighted by atomic mass is 10.0. The van der Waals surface area contributed by atoms with Crippen molar-refractivity contribution < 1.29 is 14.3 Å². The number of rotatable bonds is 5. The first-order chi connectivity index (χ1) is 19.6. The third-order valence-corrected chi connectivity index (χ3v) is 7.15. The van der Waals surface area contributed by atoms with E-state index in [1.54, 1.807) is 52.4 Å². The minimum absolute atomic E-state index is 0.0731. The van der Waals surface area contributed by atoms with Crippen LogP contribution in [-0.2, 0) is 0 Å². The molecule has 2 aromatic heterocycles. The van der Waals surface area contributed by atoms with Gasteiger partial charge < -0.3 is 14.5 Å². The molecule has 3 heterocycles. The molecule has 40 heavy (non-hydrogen) atoms. The summed E-state index contributed by atoms with van der Waals surface area (Å²) in [5.74, 6) is 0.498. The lowest BCUT2D eigenvalue weighted by Crippen LogP contribution is -2.50. The van der Waals surface area contributed by atoms with E-state index in [1.807, 2.05) is 60.7 Å². The Morgan fingerprint density at radius 1 is 0.725 bits per heavy atom. The smallest absolute Gasteiger partial charge is 0.259 e. The summed E-state index contributed by atoms with van der Waals surface area (Å²) in [5.41, 5.74) is 3.44. The topological polar surface area (TPSA) is 75.6 Å². The molecule has 0 atom stereocenters. The van der Waals surface area contributed by atoms with E-state index in [0.717, 1.165) is 22.2 Å². The number of para-hydroxylation sites is 1. The fourth-order valence-electron chi connectivity index (χ4n) is 4.81. The van der Waals surface area contributed by atoms with Crippen LogP contribution in [-0.4, -0.2) is 57.8 Å². The van der Waals surface area contributed by atoms with E-state index in [1.165, 1.54) is 0 Å². The summed E-state index contributed by atoms with van der Waals surface area (Å²) >= 11 is 5.97. The summed E-state index contributed by atoms with van der Waals surface area (Å²) in [7, 11) is 0. The third-order valence-electron chi connectivity index (χ3n) is 6.90. The first kappa shape index (κ1) is 25.5. The third kappa shape index (κ3) is 5.24. The molecule has 7 nitrogen and oxygen atoms in total.